The average molecular weight is 422 g/mol. The number of carbonyl (C=O) groups is 1. The van der Waals surface area contributed by atoms with E-state index in [4.69, 9.17) is 4.74 Å². The van der Waals surface area contributed by atoms with Crippen LogP contribution in [0.1, 0.15) is 48.4 Å². The van der Waals surface area contributed by atoms with Crippen LogP contribution in [0.4, 0.5) is 5.69 Å². The van der Waals surface area contributed by atoms with E-state index in [0.717, 1.165) is 31.8 Å². The van der Waals surface area contributed by atoms with Gasteiger partial charge in [-0.25, -0.2) is 0 Å². The monoisotopic (exact) mass is 421 g/mol. The molecule has 2 aliphatic rings. The minimum atomic E-state index is -0.0692. The first-order chi connectivity index (χ1) is 15.1. The van der Waals surface area contributed by atoms with Crippen LogP contribution in [-0.4, -0.2) is 50.6 Å². The number of hydrogen-bond acceptors (Lipinski definition) is 4. The van der Waals surface area contributed by atoms with Crippen LogP contribution in [0.5, 0.6) is 5.75 Å². The summed E-state index contributed by atoms with van der Waals surface area (Å²) in [5.74, 6) is 0.660. The second-order valence-electron chi connectivity index (χ2n) is 8.93. The molecule has 2 aliphatic heterocycles. The Bertz CT molecular complexity index is 875. The largest absolute Gasteiger partial charge is 0.484 e. The van der Waals surface area contributed by atoms with Crippen LogP contribution in [0, 0.1) is 6.92 Å². The molecule has 0 saturated carbocycles. The van der Waals surface area contributed by atoms with Crippen LogP contribution in [0.15, 0.2) is 42.5 Å². The van der Waals surface area contributed by atoms with Gasteiger partial charge in [0.2, 0.25) is 0 Å². The SMILES string of the molecule is Cc1ccc(OCC(=O)NC[C@@H](c2ccc3c(c2)CCCN3C)N2CCCCC2)cc1. The summed E-state index contributed by atoms with van der Waals surface area (Å²) in [6, 6.07) is 14.9. The molecule has 0 spiro atoms. The smallest absolute Gasteiger partial charge is 0.258 e. The predicted molar refractivity (Wildman–Crippen MR) is 126 cm³/mol. The Morgan fingerprint density at radius 2 is 1.81 bits per heavy atom. The zero-order chi connectivity index (χ0) is 21.6. The normalized spacial score (nSPS) is 17.7. The maximum Gasteiger partial charge on any atom is 0.258 e. The van der Waals surface area contributed by atoms with Gasteiger partial charge in [0.15, 0.2) is 6.61 Å². The van der Waals surface area contributed by atoms with Crippen molar-refractivity contribution in [2.75, 3.05) is 44.7 Å². The van der Waals surface area contributed by atoms with Gasteiger partial charge >= 0.3 is 0 Å². The zero-order valence-electron chi connectivity index (χ0n) is 18.9. The molecule has 2 heterocycles. The van der Waals surface area contributed by atoms with Crippen LogP contribution in [0.25, 0.3) is 0 Å². The maximum atomic E-state index is 12.5. The molecule has 1 fully saturated rings. The van der Waals surface area contributed by atoms with Gasteiger partial charge in [0.05, 0.1) is 6.04 Å². The molecule has 5 heteroatoms. The van der Waals surface area contributed by atoms with Gasteiger partial charge in [-0.05, 0) is 75.0 Å². The fourth-order valence-electron chi connectivity index (χ4n) is 4.75. The van der Waals surface area contributed by atoms with E-state index < -0.39 is 0 Å². The van der Waals surface area contributed by atoms with Gasteiger partial charge in [-0.2, -0.15) is 0 Å². The number of rotatable bonds is 7. The first-order valence-corrected chi connectivity index (χ1v) is 11.6. The quantitative estimate of drug-likeness (QED) is 0.731. The molecule has 2 aromatic rings. The molecule has 1 saturated heterocycles. The Balaban J connectivity index is 1.42. The first-order valence-electron chi connectivity index (χ1n) is 11.6. The molecular weight excluding hydrogens is 386 g/mol. The van der Waals surface area contributed by atoms with Crippen LogP contribution in [-0.2, 0) is 11.2 Å². The van der Waals surface area contributed by atoms with Crippen molar-refractivity contribution in [1.82, 2.24) is 10.2 Å². The molecule has 1 N–H and O–H groups in total. The standard InChI is InChI=1S/C26H35N3O2/c1-20-8-11-23(12-9-20)31-19-26(30)27-18-25(29-15-4-3-5-16-29)22-10-13-24-21(17-22)7-6-14-28(24)2/h8-13,17,25H,3-7,14-16,18-19H2,1-2H3,(H,27,30)/t25-/m0/s1. The number of amides is 1. The Morgan fingerprint density at radius 1 is 1.03 bits per heavy atom. The molecule has 0 unspecified atom stereocenters. The van der Waals surface area contributed by atoms with Crippen molar-refractivity contribution >= 4 is 11.6 Å². The Morgan fingerprint density at radius 3 is 2.58 bits per heavy atom. The third-order valence-electron chi connectivity index (χ3n) is 6.55. The average Bonchev–Trinajstić information content (AvgIpc) is 2.80. The number of fused-ring (bicyclic) bond motifs is 1. The minimum absolute atomic E-state index is 0.0464. The number of aryl methyl sites for hydroxylation is 2. The molecular formula is C26H35N3O2. The van der Waals surface area contributed by atoms with Crippen LogP contribution >= 0.6 is 0 Å². The van der Waals surface area contributed by atoms with Crippen LogP contribution in [0.2, 0.25) is 0 Å². The van der Waals surface area contributed by atoms with Gasteiger partial charge in [-0.3, -0.25) is 9.69 Å². The number of nitrogens with one attached hydrogen (secondary N) is 1. The van der Waals surface area contributed by atoms with Crippen molar-refractivity contribution < 1.29 is 9.53 Å². The van der Waals surface area contributed by atoms with Crippen molar-refractivity contribution in [2.24, 2.45) is 0 Å². The highest BCUT2D eigenvalue weighted by molar-refractivity contribution is 5.77. The van der Waals surface area contributed by atoms with Crippen molar-refractivity contribution in [1.29, 1.82) is 0 Å². The van der Waals surface area contributed by atoms with E-state index in [1.807, 2.05) is 31.2 Å². The van der Waals surface area contributed by atoms with E-state index in [-0.39, 0.29) is 18.6 Å². The molecule has 0 aliphatic carbocycles. The number of carbonyl (C=O) groups excluding carboxylic acids is 1. The Kier molecular flexibility index (Phi) is 7.13. The van der Waals surface area contributed by atoms with Crippen LogP contribution in [0.3, 0.4) is 0 Å². The Hall–Kier alpha value is -2.53. The van der Waals surface area contributed by atoms with Gasteiger partial charge in [-0.15, -0.1) is 0 Å². The van der Waals surface area contributed by atoms with Crippen molar-refractivity contribution in [3.63, 3.8) is 0 Å². The molecule has 1 atom stereocenters. The topological polar surface area (TPSA) is 44.8 Å². The van der Waals surface area contributed by atoms with E-state index in [1.165, 1.54) is 48.1 Å². The Labute approximate surface area is 186 Å². The van der Waals surface area contributed by atoms with Crippen molar-refractivity contribution in [2.45, 2.75) is 45.1 Å². The van der Waals surface area contributed by atoms with E-state index >= 15 is 0 Å². The van der Waals surface area contributed by atoms with Gasteiger partial charge in [0.25, 0.3) is 5.91 Å². The molecule has 1 amide bonds. The lowest BCUT2D eigenvalue weighted by molar-refractivity contribution is -0.123. The number of piperidine rings is 1. The number of hydrogen-bond donors (Lipinski definition) is 1. The van der Waals surface area contributed by atoms with Gasteiger partial charge in [-0.1, -0.05) is 36.2 Å². The minimum Gasteiger partial charge on any atom is -0.484 e. The summed E-state index contributed by atoms with van der Waals surface area (Å²) in [6.45, 7) is 6.01. The lowest BCUT2D eigenvalue weighted by Crippen LogP contribution is -2.41. The first kappa shape index (κ1) is 21.7. The summed E-state index contributed by atoms with van der Waals surface area (Å²) in [5.41, 5.74) is 5.28. The molecule has 0 bridgehead atoms. The summed E-state index contributed by atoms with van der Waals surface area (Å²) in [7, 11) is 2.17. The van der Waals surface area contributed by atoms with E-state index in [0.29, 0.717) is 6.54 Å². The highest BCUT2D eigenvalue weighted by Crippen LogP contribution is 2.31. The van der Waals surface area contributed by atoms with E-state index in [2.05, 4.69) is 40.4 Å². The molecule has 0 radical (unpaired) electrons. The zero-order valence-corrected chi connectivity index (χ0v) is 18.9. The second-order valence-corrected chi connectivity index (χ2v) is 8.93. The highest BCUT2D eigenvalue weighted by Gasteiger charge is 2.24. The highest BCUT2D eigenvalue weighted by atomic mass is 16.5. The number of likely N-dealkylation sites (tertiary alicyclic amines) is 1. The number of benzene rings is 2. The maximum absolute atomic E-state index is 12.5. The fourth-order valence-corrected chi connectivity index (χ4v) is 4.75. The lowest BCUT2D eigenvalue weighted by atomic mass is 9.95. The lowest BCUT2D eigenvalue weighted by Gasteiger charge is -2.36. The molecule has 2 aromatic carbocycles. The van der Waals surface area contributed by atoms with Gasteiger partial charge in [0, 0.05) is 25.8 Å². The summed E-state index contributed by atoms with van der Waals surface area (Å²) in [6.07, 6.45) is 6.10. The van der Waals surface area contributed by atoms with Crippen molar-refractivity contribution in [3.05, 3.63) is 59.2 Å². The van der Waals surface area contributed by atoms with E-state index in [1.54, 1.807) is 0 Å². The third-order valence-corrected chi connectivity index (χ3v) is 6.55. The molecule has 0 aromatic heterocycles. The van der Waals surface area contributed by atoms with Gasteiger partial charge in [0.1, 0.15) is 5.75 Å². The molecule has 4 rings (SSSR count). The predicted octanol–water partition coefficient (Wildman–Crippen LogP) is 4.10. The van der Waals surface area contributed by atoms with E-state index in [9.17, 15) is 4.79 Å². The molecule has 31 heavy (non-hydrogen) atoms. The second kappa shape index (κ2) is 10.2. The molecule has 5 nitrogen and oxygen atoms in total. The summed E-state index contributed by atoms with van der Waals surface area (Å²) >= 11 is 0. The summed E-state index contributed by atoms with van der Waals surface area (Å²) in [5, 5.41) is 3.13. The third kappa shape index (κ3) is 5.59. The number of anilines is 1. The number of ether oxygens (including phenoxy) is 1. The van der Waals surface area contributed by atoms with Crippen LogP contribution < -0.4 is 15.0 Å². The fraction of sp³-hybridized carbons (Fsp3) is 0.500. The van der Waals surface area contributed by atoms with Crippen molar-refractivity contribution in [3.8, 4) is 5.75 Å². The summed E-state index contributed by atoms with van der Waals surface area (Å²) < 4.78 is 5.66. The summed E-state index contributed by atoms with van der Waals surface area (Å²) in [4.78, 5) is 17.4. The van der Waals surface area contributed by atoms with Gasteiger partial charge < -0.3 is 15.0 Å². The number of nitrogens with zero attached hydrogens (tertiary/aromatic N) is 2. The molecule has 166 valence electrons.